The van der Waals surface area contributed by atoms with E-state index in [0.717, 1.165) is 13.1 Å². The van der Waals surface area contributed by atoms with E-state index >= 15 is 0 Å². The molecule has 0 bridgehead atoms. The van der Waals surface area contributed by atoms with Gasteiger partial charge in [0.1, 0.15) is 0 Å². The van der Waals surface area contributed by atoms with Crippen LogP contribution in [0.3, 0.4) is 0 Å². The van der Waals surface area contributed by atoms with Crippen LogP contribution in [-0.2, 0) is 4.79 Å². The minimum atomic E-state index is 0.128. The third-order valence-electron chi connectivity index (χ3n) is 2.36. The van der Waals surface area contributed by atoms with E-state index in [1.807, 2.05) is 4.90 Å². The molecule has 84 valence electrons. The highest BCUT2D eigenvalue weighted by atomic mass is 16.2. The zero-order valence-electron chi connectivity index (χ0n) is 9.60. The van der Waals surface area contributed by atoms with Crippen LogP contribution < -0.4 is 0 Å². The first kappa shape index (κ1) is 11.9. The predicted molar refractivity (Wildman–Crippen MR) is 58.2 cm³/mol. The fourth-order valence-corrected chi connectivity index (χ4v) is 1.85. The molecular formula is C10H18N4O. The second-order valence-corrected chi connectivity index (χ2v) is 5.32. The Balaban J connectivity index is 2.49. The molecule has 0 spiro atoms. The van der Waals surface area contributed by atoms with Gasteiger partial charge in [0.25, 0.3) is 0 Å². The van der Waals surface area contributed by atoms with Crippen molar-refractivity contribution in [2.24, 2.45) is 16.4 Å². The lowest BCUT2D eigenvalue weighted by molar-refractivity contribution is -0.128. The molecule has 1 rings (SSSR count). The summed E-state index contributed by atoms with van der Waals surface area (Å²) in [6.07, 6.45) is 0.523. The second-order valence-electron chi connectivity index (χ2n) is 5.32. The average Bonchev–Trinajstić information content (AvgIpc) is 2.41. The monoisotopic (exact) mass is 210 g/mol. The summed E-state index contributed by atoms with van der Waals surface area (Å²) in [7, 11) is 0. The van der Waals surface area contributed by atoms with E-state index in [2.05, 4.69) is 30.8 Å². The molecule has 1 fully saturated rings. The van der Waals surface area contributed by atoms with Gasteiger partial charge in [-0.15, -0.1) is 0 Å². The van der Waals surface area contributed by atoms with E-state index in [9.17, 15) is 4.79 Å². The third kappa shape index (κ3) is 3.80. The van der Waals surface area contributed by atoms with E-state index in [-0.39, 0.29) is 17.2 Å². The molecule has 0 radical (unpaired) electrons. The Kier molecular flexibility index (Phi) is 3.58. The van der Waals surface area contributed by atoms with Gasteiger partial charge in [-0.3, -0.25) is 4.79 Å². The first-order chi connectivity index (χ1) is 6.92. The molecule has 5 nitrogen and oxygen atoms in total. The van der Waals surface area contributed by atoms with Crippen molar-refractivity contribution in [1.29, 1.82) is 0 Å². The minimum absolute atomic E-state index is 0.128. The summed E-state index contributed by atoms with van der Waals surface area (Å²) in [6.45, 7) is 8.28. The molecule has 15 heavy (non-hydrogen) atoms. The van der Waals surface area contributed by atoms with Crippen LogP contribution in [0.5, 0.6) is 0 Å². The van der Waals surface area contributed by atoms with Gasteiger partial charge in [-0.2, -0.15) is 0 Å². The first-order valence-electron chi connectivity index (χ1n) is 5.21. The molecule has 1 aliphatic rings. The van der Waals surface area contributed by atoms with E-state index in [4.69, 9.17) is 5.53 Å². The Morgan fingerprint density at radius 2 is 2.27 bits per heavy atom. The molecule has 1 aliphatic heterocycles. The number of nitrogens with zero attached hydrogens (tertiary/aromatic N) is 4. The lowest BCUT2D eigenvalue weighted by atomic mass is 9.96. The summed E-state index contributed by atoms with van der Waals surface area (Å²) < 4.78 is 0. The van der Waals surface area contributed by atoms with Crippen LogP contribution >= 0.6 is 0 Å². The zero-order valence-corrected chi connectivity index (χ0v) is 9.60. The Morgan fingerprint density at radius 1 is 1.60 bits per heavy atom. The van der Waals surface area contributed by atoms with Gasteiger partial charge < -0.3 is 4.90 Å². The summed E-state index contributed by atoms with van der Waals surface area (Å²) in [5, 5.41) is 3.52. The normalized spacial score (nSPS) is 21.7. The van der Waals surface area contributed by atoms with Crippen LogP contribution in [0.25, 0.3) is 10.4 Å². The summed E-state index contributed by atoms with van der Waals surface area (Å²) in [6, 6.07) is 0. The van der Waals surface area contributed by atoms with Gasteiger partial charge in [-0.05, 0) is 16.9 Å². The number of hydrogen-bond donors (Lipinski definition) is 0. The molecular weight excluding hydrogens is 192 g/mol. The molecule has 5 heteroatoms. The third-order valence-corrected chi connectivity index (χ3v) is 2.36. The largest absolute Gasteiger partial charge is 0.342 e. The number of carbonyl (C=O) groups is 1. The smallest absolute Gasteiger partial charge is 0.222 e. The standard InChI is InChI=1S/C10H18N4O/c1-10(2,3)7-14-6-8(4-9(14)15)5-12-13-11/h8H,4-7H2,1-3H3. The maximum absolute atomic E-state index is 11.6. The molecule has 1 saturated heterocycles. The highest BCUT2D eigenvalue weighted by molar-refractivity contribution is 5.78. The van der Waals surface area contributed by atoms with E-state index in [1.54, 1.807) is 0 Å². The molecule has 1 amide bonds. The highest BCUT2D eigenvalue weighted by Crippen LogP contribution is 2.23. The molecule has 0 aromatic rings. The first-order valence-corrected chi connectivity index (χ1v) is 5.21. The molecule has 0 N–H and O–H groups in total. The zero-order chi connectivity index (χ0) is 11.5. The predicted octanol–water partition coefficient (Wildman–Crippen LogP) is 2.19. The molecule has 1 heterocycles. The molecule has 0 aromatic carbocycles. The van der Waals surface area contributed by atoms with Crippen LogP contribution in [-0.4, -0.2) is 30.4 Å². The summed E-state index contributed by atoms with van der Waals surface area (Å²) in [5.41, 5.74) is 8.33. The van der Waals surface area contributed by atoms with Crippen molar-refractivity contribution in [3.05, 3.63) is 10.4 Å². The van der Waals surface area contributed by atoms with Crippen LogP contribution in [0.15, 0.2) is 5.11 Å². The Bertz CT molecular complexity index is 288. The Morgan fingerprint density at radius 3 is 2.80 bits per heavy atom. The number of hydrogen-bond acceptors (Lipinski definition) is 2. The topological polar surface area (TPSA) is 69.1 Å². The van der Waals surface area contributed by atoms with Gasteiger partial charge in [-0.25, -0.2) is 0 Å². The second kappa shape index (κ2) is 4.53. The molecule has 1 atom stereocenters. The van der Waals surface area contributed by atoms with E-state index in [0.29, 0.717) is 13.0 Å². The highest BCUT2D eigenvalue weighted by Gasteiger charge is 2.31. The number of azide groups is 1. The van der Waals surface area contributed by atoms with Gasteiger partial charge in [0.2, 0.25) is 5.91 Å². The fourth-order valence-electron chi connectivity index (χ4n) is 1.85. The van der Waals surface area contributed by atoms with Gasteiger partial charge in [0.15, 0.2) is 0 Å². The maximum Gasteiger partial charge on any atom is 0.222 e. The van der Waals surface area contributed by atoms with Gasteiger partial charge >= 0.3 is 0 Å². The molecule has 0 saturated carbocycles. The molecule has 0 aliphatic carbocycles. The van der Waals surface area contributed by atoms with Crippen LogP contribution in [0.4, 0.5) is 0 Å². The van der Waals surface area contributed by atoms with Gasteiger partial charge in [0, 0.05) is 31.0 Å². The minimum Gasteiger partial charge on any atom is -0.342 e. The molecule has 0 aromatic heterocycles. The van der Waals surface area contributed by atoms with Crippen molar-refractivity contribution in [1.82, 2.24) is 4.90 Å². The fraction of sp³-hybridized carbons (Fsp3) is 0.900. The Hall–Kier alpha value is -1.22. The molecule has 1 unspecified atom stereocenters. The van der Waals surface area contributed by atoms with Gasteiger partial charge in [-0.1, -0.05) is 25.9 Å². The van der Waals surface area contributed by atoms with Crippen molar-refractivity contribution >= 4 is 5.91 Å². The number of rotatable bonds is 3. The lowest BCUT2D eigenvalue weighted by Crippen LogP contribution is -2.34. The summed E-state index contributed by atoms with van der Waals surface area (Å²) >= 11 is 0. The van der Waals surface area contributed by atoms with E-state index < -0.39 is 0 Å². The van der Waals surface area contributed by atoms with Gasteiger partial charge in [0.05, 0.1) is 0 Å². The SMILES string of the molecule is CC(C)(C)CN1CC(CN=[N+]=[N-])CC1=O. The van der Waals surface area contributed by atoms with Crippen LogP contribution in [0.2, 0.25) is 0 Å². The van der Waals surface area contributed by atoms with Crippen molar-refractivity contribution < 1.29 is 4.79 Å². The quantitative estimate of drug-likeness (QED) is 0.400. The van der Waals surface area contributed by atoms with Crippen molar-refractivity contribution in [2.45, 2.75) is 27.2 Å². The van der Waals surface area contributed by atoms with Crippen LogP contribution in [0, 0.1) is 11.3 Å². The maximum atomic E-state index is 11.6. The van der Waals surface area contributed by atoms with Crippen LogP contribution in [0.1, 0.15) is 27.2 Å². The van der Waals surface area contributed by atoms with E-state index in [1.165, 1.54) is 0 Å². The number of likely N-dealkylation sites (tertiary alicyclic amines) is 1. The number of amides is 1. The summed E-state index contributed by atoms with van der Waals surface area (Å²) in [5.74, 6) is 0.388. The Labute approximate surface area is 90.1 Å². The lowest BCUT2D eigenvalue weighted by Gasteiger charge is -2.26. The number of carbonyl (C=O) groups excluding carboxylic acids is 1. The van der Waals surface area contributed by atoms with Crippen molar-refractivity contribution in [3.63, 3.8) is 0 Å². The average molecular weight is 210 g/mol. The van der Waals surface area contributed by atoms with Crippen molar-refractivity contribution in [2.75, 3.05) is 19.6 Å². The van der Waals surface area contributed by atoms with Crippen molar-refractivity contribution in [3.8, 4) is 0 Å². The summed E-state index contributed by atoms with van der Waals surface area (Å²) in [4.78, 5) is 16.2.